The molecule has 0 aliphatic carbocycles. The molecule has 6 rings (SSSR count). The van der Waals surface area contributed by atoms with E-state index >= 15 is 0 Å². The van der Waals surface area contributed by atoms with Crippen LogP contribution in [0.1, 0.15) is 57.1 Å². The van der Waals surface area contributed by atoms with Crippen LogP contribution in [0.3, 0.4) is 0 Å². The molecule has 0 unspecified atom stereocenters. The molecule has 0 bridgehead atoms. The van der Waals surface area contributed by atoms with Gasteiger partial charge in [-0.2, -0.15) is 5.26 Å². The number of ether oxygens (including phenoxy) is 1. The van der Waals surface area contributed by atoms with E-state index < -0.39 is 6.04 Å². The molecule has 0 radical (unpaired) electrons. The Kier molecular flexibility index (Phi) is 7.77. The third kappa shape index (κ3) is 5.41. The minimum atomic E-state index is -0.517. The number of aromatic nitrogens is 4. The number of thiophene rings is 1. The minimum absolute atomic E-state index is 0.125. The topological polar surface area (TPSA) is 118 Å². The van der Waals surface area contributed by atoms with Crippen LogP contribution in [0, 0.1) is 32.1 Å². The molecule has 1 amide bonds. The van der Waals surface area contributed by atoms with Crippen molar-refractivity contribution in [3.8, 4) is 16.8 Å². The Morgan fingerprint density at radius 2 is 1.95 bits per heavy atom. The van der Waals surface area contributed by atoms with Crippen LogP contribution in [-0.4, -0.2) is 44.5 Å². The number of aryl methyl sites for hydroxylation is 2. The van der Waals surface area contributed by atoms with Gasteiger partial charge < -0.3 is 10.1 Å². The Morgan fingerprint density at radius 3 is 2.74 bits per heavy atom. The average molecular weight is 616 g/mol. The van der Waals surface area contributed by atoms with Crippen molar-refractivity contribution in [3.05, 3.63) is 85.7 Å². The van der Waals surface area contributed by atoms with Crippen LogP contribution in [0.4, 0.5) is 0 Å². The number of hydrogen-bond acceptors (Lipinski definition) is 9. The Hall–Kier alpha value is -4.11. The van der Waals surface area contributed by atoms with Gasteiger partial charge in [-0.05, 0) is 63.1 Å². The molecule has 0 fully saturated rings. The zero-order valence-corrected chi connectivity index (χ0v) is 25.5. The summed E-state index contributed by atoms with van der Waals surface area (Å²) in [6, 6.07) is 14.8. The first-order valence-corrected chi connectivity index (χ1v) is 15.4. The molecule has 1 aliphatic rings. The van der Waals surface area contributed by atoms with Crippen molar-refractivity contribution in [1.82, 2.24) is 25.1 Å². The SMILES string of the molecule is Cc1sc2c(c1C)C(c1ccc(Cl)cc1)=N[C@@H](CC(=O)NCCCOc1ccc3nc(C#N)sc3c1)c1nnc(C)n1-2. The molecule has 5 aromatic rings. The van der Waals surface area contributed by atoms with Crippen LogP contribution in [0.2, 0.25) is 5.02 Å². The van der Waals surface area contributed by atoms with Crippen LogP contribution in [0.25, 0.3) is 15.2 Å². The molecule has 1 N–H and O–H groups in total. The van der Waals surface area contributed by atoms with Crippen LogP contribution in [0.5, 0.6) is 5.75 Å². The maximum Gasteiger partial charge on any atom is 0.222 e. The largest absolute Gasteiger partial charge is 0.493 e. The van der Waals surface area contributed by atoms with Crippen molar-refractivity contribution in [3.63, 3.8) is 0 Å². The van der Waals surface area contributed by atoms with E-state index in [1.165, 1.54) is 16.2 Å². The second-order valence-corrected chi connectivity index (χ2v) is 12.6. The molecule has 4 heterocycles. The van der Waals surface area contributed by atoms with Gasteiger partial charge in [0.05, 0.1) is 29.0 Å². The van der Waals surface area contributed by atoms with E-state index in [9.17, 15) is 4.79 Å². The standard InChI is InChI=1S/C30H26ClN7O2S2/c1-16-17(2)41-30-27(16)28(19-5-7-20(31)8-6-19)35-23(29-37-36-18(3)38(29)30)14-25(39)33-11-4-12-40-21-9-10-22-24(13-21)42-26(15-32)34-22/h5-10,13,23H,4,11-12,14H2,1-3H3,(H,33,39)/t23-/m0/s1. The number of carbonyl (C=O) groups is 1. The monoisotopic (exact) mass is 615 g/mol. The van der Waals surface area contributed by atoms with Crippen LogP contribution < -0.4 is 10.1 Å². The van der Waals surface area contributed by atoms with Gasteiger partial charge in [0.25, 0.3) is 0 Å². The Morgan fingerprint density at radius 1 is 1.14 bits per heavy atom. The number of benzene rings is 2. The van der Waals surface area contributed by atoms with Crippen molar-refractivity contribution in [2.45, 2.75) is 39.7 Å². The zero-order valence-electron chi connectivity index (χ0n) is 23.1. The predicted octanol–water partition coefficient (Wildman–Crippen LogP) is 6.26. The Labute approximate surface area is 255 Å². The predicted molar refractivity (Wildman–Crippen MR) is 165 cm³/mol. The second-order valence-electron chi connectivity index (χ2n) is 9.92. The average Bonchev–Trinajstić information content (AvgIpc) is 3.63. The highest BCUT2D eigenvalue weighted by Gasteiger charge is 2.32. The number of nitriles is 1. The molecule has 3 aromatic heterocycles. The van der Waals surface area contributed by atoms with Crippen molar-refractivity contribution < 1.29 is 9.53 Å². The van der Waals surface area contributed by atoms with E-state index in [2.05, 4.69) is 40.4 Å². The Bertz CT molecular complexity index is 1880. The number of nitrogens with one attached hydrogen (secondary N) is 1. The van der Waals surface area contributed by atoms with Crippen LogP contribution >= 0.6 is 34.3 Å². The highest BCUT2D eigenvalue weighted by atomic mass is 35.5. The van der Waals surface area contributed by atoms with E-state index in [-0.39, 0.29) is 12.3 Å². The summed E-state index contributed by atoms with van der Waals surface area (Å²) in [5.74, 6) is 1.98. The molecule has 0 saturated heterocycles. The molecule has 0 spiro atoms. The molecule has 1 atom stereocenters. The van der Waals surface area contributed by atoms with Gasteiger partial charge in [0.15, 0.2) is 10.8 Å². The summed E-state index contributed by atoms with van der Waals surface area (Å²) in [6.45, 7) is 7.01. The van der Waals surface area contributed by atoms with E-state index in [1.807, 2.05) is 54.0 Å². The smallest absolute Gasteiger partial charge is 0.222 e. The number of hydrogen-bond donors (Lipinski definition) is 1. The maximum absolute atomic E-state index is 13.1. The van der Waals surface area contributed by atoms with E-state index in [0.717, 1.165) is 43.4 Å². The van der Waals surface area contributed by atoms with Gasteiger partial charge in [0, 0.05) is 27.6 Å². The lowest BCUT2D eigenvalue weighted by Gasteiger charge is -2.13. The summed E-state index contributed by atoms with van der Waals surface area (Å²) in [6.07, 6.45) is 0.761. The van der Waals surface area contributed by atoms with Crippen LogP contribution in [-0.2, 0) is 4.79 Å². The molecule has 1 aliphatic heterocycles. The lowest BCUT2D eigenvalue weighted by molar-refractivity contribution is -0.121. The number of nitrogens with zero attached hydrogens (tertiary/aromatic N) is 6. The van der Waals surface area contributed by atoms with Gasteiger partial charge in [-0.3, -0.25) is 14.4 Å². The minimum Gasteiger partial charge on any atom is -0.493 e. The van der Waals surface area contributed by atoms with E-state index in [1.54, 1.807) is 11.3 Å². The van der Waals surface area contributed by atoms with Crippen molar-refractivity contribution in [2.24, 2.45) is 4.99 Å². The third-order valence-electron chi connectivity index (χ3n) is 7.10. The van der Waals surface area contributed by atoms with Crippen LogP contribution in [0.15, 0.2) is 47.5 Å². The number of halogens is 1. The molecule has 0 saturated carbocycles. The van der Waals surface area contributed by atoms with E-state index in [4.69, 9.17) is 26.6 Å². The summed E-state index contributed by atoms with van der Waals surface area (Å²) >= 11 is 9.21. The maximum atomic E-state index is 13.1. The molecule has 212 valence electrons. The first kappa shape index (κ1) is 28.0. The second kappa shape index (κ2) is 11.6. The molecular weight excluding hydrogens is 590 g/mol. The third-order valence-corrected chi connectivity index (χ3v) is 9.47. The number of carbonyl (C=O) groups excluding carboxylic acids is 1. The number of thiazole rings is 1. The molecule has 42 heavy (non-hydrogen) atoms. The number of fused-ring (bicyclic) bond motifs is 4. The summed E-state index contributed by atoms with van der Waals surface area (Å²) < 4.78 is 8.81. The molecular formula is C30H26ClN7O2S2. The summed E-state index contributed by atoms with van der Waals surface area (Å²) in [5, 5.41) is 23.0. The highest BCUT2D eigenvalue weighted by Crippen LogP contribution is 2.39. The highest BCUT2D eigenvalue weighted by molar-refractivity contribution is 7.19. The number of rotatable bonds is 8. The van der Waals surface area contributed by atoms with Gasteiger partial charge in [0.2, 0.25) is 5.91 Å². The number of amides is 1. The van der Waals surface area contributed by atoms with Gasteiger partial charge in [-0.15, -0.1) is 32.9 Å². The summed E-state index contributed by atoms with van der Waals surface area (Å²) in [5.41, 5.74) is 4.71. The fraction of sp³-hybridized carbons (Fsp3) is 0.267. The quantitative estimate of drug-likeness (QED) is 0.206. The lowest BCUT2D eigenvalue weighted by atomic mass is 9.99. The lowest BCUT2D eigenvalue weighted by Crippen LogP contribution is -2.27. The Balaban J connectivity index is 1.16. The van der Waals surface area contributed by atoms with Gasteiger partial charge in [0.1, 0.15) is 28.7 Å². The fourth-order valence-electron chi connectivity index (χ4n) is 4.91. The van der Waals surface area contributed by atoms with Crippen molar-refractivity contribution >= 4 is 56.1 Å². The van der Waals surface area contributed by atoms with Crippen molar-refractivity contribution in [2.75, 3.05) is 13.2 Å². The molecule has 12 heteroatoms. The summed E-state index contributed by atoms with van der Waals surface area (Å²) in [7, 11) is 0. The van der Waals surface area contributed by atoms with Gasteiger partial charge in [-0.25, -0.2) is 4.98 Å². The first-order chi connectivity index (χ1) is 20.3. The zero-order chi connectivity index (χ0) is 29.4. The van der Waals surface area contributed by atoms with Gasteiger partial charge in [-0.1, -0.05) is 23.7 Å². The molecule has 9 nitrogen and oxygen atoms in total. The summed E-state index contributed by atoms with van der Waals surface area (Å²) in [4.78, 5) is 23.7. The fourth-order valence-corrected chi connectivity index (χ4v) is 7.04. The van der Waals surface area contributed by atoms with E-state index in [0.29, 0.717) is 41.2 Å². The van der Waals surface area contributed by atoms with Crippen molar-refractivity contribution in [1.29, 1.82) is 5.26 Å². The van der Waals surface area contributed by atoms with Gasteiger partial charge >= 0.3 is 0 Å². The normalized spacial score (nSPS) is 14.1. The number of aliphatic imine (C=N–C) groups is 1. The first-order valence-electron chi connectivity index (χ1n) is 13.4. The molecule has 2 aromatic carbocycles.